The summed E-state index contributed by atoms with van der Waals surface area (Å²) in [4.78, 5) is 8.61. The normalized spacial score (nSPS) is 17.2. The highest BCUT2D eigenvalue weighted by atomic mass is 127. The van der Waals surface area contributed by atoms with Crippen LogP contribution in [0.5, 0.6) is 0 Å². The molecule has 5 nitrogen and oxygen atoms in total. The number of rotatable bonds is 8. The second-order valence-electron chi connectivity index (χ2n) is 6.55. The molecule has 1 aliphatic heterocycles. The fraction of sp³-hybridized carbons (Fsp3) is 0.632. The standard InChI is InChI=1S/C19H31F2N5.HI/c1-4-25(5-2)11-6-10-23-19(22-3)24-16-9-12-26(14-16)18-8-7-15(20)13-17(18)21;/h7-8,13,16H,4-6,9-12,14H2,1-3H3,(H2,22,23,24);1H. The van der Waals surface area contributed by atoms with Crippen molar-refractivity contribution >= 4 is 35.6 Å². The van der Waals surface area contributed by atoms with Crippen LogP contribution in [0.15, 0.2) is 23.2 Å². The molecule has 1 fully saturated rings. The zero-order valence-corrected chi connectivity index (χ0v) is 18.8. The van der Waals surface area contributed by atoms with Crippen molar-refractivity contribution in [2.24, 2.45) is 4.99 Å². The minimum absolute atomic E-state index is 0. The molecule has 0 radical (unpaired) electrons. The van der Waals surface area contributed by atoms with E-state index in [9.17, 15) is 8.78 Å². The maximum atomic E-state index is 13.9. The maximum Gasteiger partial charge on any atom is 0.191 e. The molecule has 1 aromatic rings. The minimum atomic E-state index is -0.547. The fourth-order valence-electron chi connectivity index (χ4n) is 3.27. The number of guanidine groups is 1. The Bertz CT molecular complexity index is 595. The second-order valence-corrected chi connectivity index (χ2v) is 6.55. The van der Waals surface area contributed by atoms with Gasteiger partial charge in [0.05, 0.1) is 5.69 Å². The SMILES string of the molecule is CCN(CC)CCCNC(=NC)NC1CCN(c2ccc(F)cc2F)C1.I. The van der Waals surface area contributed by atoms with Crippen LogP contribution in [0.2, 0.25) is 0 Å². The summed E-state index contributed by atoms with van der Waals surface area (Å²) < 4.78 is 27.0. The zero-order chi connectivity index (χ0) is 18.9. The van der Waals surface area contributed by atoms with Crippen molar-refractivity contribution in [2.75, 3.05) is 51.2 Å². The van der Waals surface area contributed by atoms with E-state index in [0.717, 1.165) is 57.6 Å². The number of aliphatic imine (C=N–C) groups is 1. The number of hydrogen-bond acceptors (Lipinski definition) is 3. The maximum absolute atomic E-state index is 13.9. The van der Waals surface area contributed by atoms with Crippen LogP contribution in [0, 0.1) is 11.6 Å². The molecule has 0 aromatic heterocycles. The van der Waals surface area contributed by atoms with Crippen LogP contribution in [-0.2, 0) is 0 Å². The van der Waals surface area contributed by atoms with E-state index in [1.807, 2.05) is 4.90 Å². The lowest BCUT2D eigenvalue weighted by Crippen LogP contribution is -2.45. The molecule has 1 aromatic carbocycles. The van der Waals surface area contributed by atoms with E-state index < -0.39 is 11.6 Å². The van der Waals surface area contributed by atoms with E-state index in [0.29, 0.717) is 12.2 Å². The number of halogens is 3. The van der Waals surface area contributed by atoms with E-state index in [-0.39, 0.29) is 30.0 Å². The van der Waals surface area contributed by atoms with E-state index in [4.69, 9.17) is 0 Å². The second kappa shape index (κ2) is 12.3. The van der Waals surface area contributed by atoms with Crippen LogP contribution in [0.3, 0.4) is 0 Å². The summed E-state index contributed by atoms with van der Waals surface area (Å²) in [6.45, 7) is 9.82. The Morgan fingerprint density at radius 3 is 2.67 bits per heavy atom. The predicted octanol–water partition coefficient (Wildman–Crippen LogP) is 3.06. The van der Waals surface area contributed by atoms with Gasteiger partial charge in [-0.3, -0.25) is 4.99 Å². The molecule has 2 N–H and O–H groups in total. The van der Waals surface area contributed by atoms with Gasteiger partial charge in [0.1, 0.15) is 11.6 Å². The molecule has 1 heterocycles. The average molecular weight is 495 g/mol. The third-order valence-corrected chi connectivity index (χ3v) is 4.84. The Hall–Kier alpha value is -1.16. The van der Waals surface area contributed by atoms with Crippen molar-refractivity contribution in [3.05, 3.63) is 29.8 Å². The summed E-state index contributed by atoms with van der Waals surface area (Å²) in [6.07, 6.45) is 1.94. The molecule has 154 valence electrons. The lowest BCUT2D eigenvalue weighted by molar-refractivity contribution is 0.300. The first kappa shape index (κ1) is 23.9. The molecule has 1 saturated heterocycles. The molecule has 0 aliphatic carbocycles. The average Bonchev–Trinajstić information content (AvgIpc) is 3.09. The number of benzene rings is 1. The fourth-order valence-corrected chi connectivity index (χ4v) is 3.27. The van der Waals surface area contributed by atoms with Crippen LogP contribution in [0.25, 0.3) is 0 Å². The highest BCUT2D eigenvalue weighted by Gasteiger charge is 2.25. The van der Waals surface area contributed by atoms with E-state index >= 15 is 0 Å². The summed E-state index contributed by atoms with van der Waals surface area (Å²) in [5, 5.41) is 6.74. The topological polar surface area (TPSA) is 42.9 Å². The molecule has 1 unspecified atom stereocenters. The quantitative estimate of drug-likeness (QED) is 0.252. The smallest absolute Gasteiger partial charge is 0.191 e. The van der Waals surface area contributed by atoms with Gasteiger partial charge < -0.3 is 20.4 Å². The van der Waals surface area contributed by atoms with Crippen LogP contribution >= 0.6 is 24.0 Å². The summed E-state index contributed by atoms with van der Waals surface area (Å²) in [6, 6.07) is 3.93. The van der Waals surface area contributed by atoms with E-state index in [2.05, 4.69) is 34.4 Å². The van der Waals surface area contributed by atoms with Crippen LogP contribution in [0.4, 0.5) is 14.5 Å². The molecular weight excluding hydrogens is 463 g/mol. The number of nitrogens with one attached hydrogen (secondary N) is 2. The van der Waals surface area contributed by atoms with Gasteiger partial charge in [-0.25, -0.2) is 8.78 Å². The molecule has 0 saturated carbocycles. The highest BCUT2D eigenvalue weighted by Crippen LogP contribution is 2.24. The predicted molar refractivity (Wildman–Crippen MR) is 119 cm³/mol. The highest BCUT2D eigenvalue weighted by molar-refractivity contribution is 14.0. The van der Waals surface area contributed by atoms with E-state index in [1.165, 1.54) is 12.1 Å². The first-order chi connectivity index (χ1) is 12.6. The Kier molecular flexibility index (Phi) is 10.9. The first-order valence-electron chi connectivity index (χ1n) is 9.46. The van der Waals surface area contributed by atoms with Gasteiger partial charge in [0.2, 0.25) is 0 Å². The van der Waals surface area contributed by atoms with Crippen molar-refractivity contribution in [1.29, 1.82) is 0 Å². The van der Waals surface area contributed by atoms with Crippen LogP contribution in [-0.4, -0.2) is 63.2 Å². The van der Waals surface area contributed by atoms with Gasteiger partial charge in [-0.2, -0.15) is 0 Å². The largest absolute Gasteiger partial charge is 0.367 e. The lowest BCUT2D eigenvalue weighted by Gasteiger charge is -2.21. The Morgan fingerprint density at radius 1 is 1.30 bits per heavy atom. The molecule has 0 spiro atoms. The monoisotopic (exact) mass is 495 g/mol. The molecule has 1 aliphatic rings. The van der Waals surface area contributed by atoms with Crippen LogP contribution in [0.1, 0.15) is 26.7 Å². The molecular formula is C19H32F2IN5. The van der Waals surface area contributed by atoms with Crippen molar-refractivity contribution in [1.82, 2.24) is 15.5 Å². The van der Waals surface area contributed by atoms with Gasteiger partial charge in [0.15, 0.2) is 5.96 Å². The molecule has 0 amide bonds. The minimum Gasteiger partial charge on any atom is -0.367 e. The number of hydrogen-bond donors (Lipinski definition) is 2. The third kappa shape index (κ3) is 7.40. The van der Waals surface area contributed by atoms with Crippen molar-refractivity contribution in [3.8, 4) is 0 Å². The molecule has 0 bridgehead atoms. The molecule has 27 heavy (non-hydrogen) atoms. The van der Waals surface area contributed by atoms with Crippen molar-refractivity contribution in [3.63, 3.8) is 0 Å². The Morgan fingerprint density at radius 2 is 2.04 bits per heavy atom. The van der Waals surface area contributed by atoms with Gasteiger partial charge in [0.25, 0.3) is 0 Å². The molecule has 1 atom stereocenters. The van der Waals surface area contributed by atoms with Gasteiger partial charge >= 0.3 is 0 Å². The van der Waals surface area contributed by atoms with Crippen molar-refractivity contribution in [2.45, 2.75) is 32.7 Å². The van der Waals surface area contributed by atoms with Crippen molar-refractivity contribution < 1.29 is 8.78 Å². The summed E-state index contributed by atoms with van der Waals surface area (Å²) >= 11 is 0. The summed E-state index contributed by atoms with van der Waals surface area (Å²) in [5.41, 5.74) is 0.456. The van der Waals surface area contributed by atoms with Crippen LogP contribution < -0.4 is 15.5 Å². The third-order valence-electron chi connectivity index (χ3n) is 4.84. The Balaban J connectivity index is 0.00000364. The summed E-state index contributed by atoms with van der Waals surface area (Å²) in [7, 11) is 1.76. The Labute approximate surface area is 178 Å². The zero-order valence-electron chi connectivity index (χ0n) is 16.5. The molecule has 8 heteroatoms. The number of nitrogens with zero attached hydrogens (tertiary/aromatic N) is 3. The van der Waals surface area contributed by atoms with Gasteiger partial charge in [-0.05, 0) is 44.6 Å². The van der Waals surface area contributed by atoms with E-state index in [1.54, 1.807) is 7.05 Å². The van der Waals surface area contributed by atoms with Gasteiger partial charge in [0, 0.05) is 38.8 Å². The van der Waals surface area contributed by atoms with Gasteiger partial charge in [-0.15, -0.1) is 24.0 Å². The summed E-state index contributed by atoms with van der Waals surface area (Å²) in [5.74, 6) is -0.282. The lowest BCUT2D eigenvalue weighted by atomic mass is 10.2. The van der Waals surface area contributed by atoms with Gasteiger partial charge in [-0.1, -0.05) is 13.8 Å². The molecule has 2 rings (SSSR count). The number of anilines is 1. The first-order valence-corrected chi connectivity index (χ1v) is 9.46.